The Morgan fingerprint density at radius 1 is 1.25 bits per heavy atom. The van der Waals surface area contributed by atoms with Crippen LogP contribution in [0.1, 0.15) is 5.56 Å². The second-order valence-electron chi connectivity index (χ2n) is 4.13. The number of pyridine rings is 1. The smallest absolute Gasteiger partial charge is 0.324 e. The van der Waals surface area contributed by atoms with E-state index in [0.717, 1.165) is 15.8 Å². The van der Waals surface area contributed by atoms with Gasteiger partial charge < -0.3 is 10.1 Å². The van der Waals surface area contributed by atoms with E-state index >= 15 is 0 Å². The van der Waals surface area contributed by atoms with Crippen molar-refractivity contribution in [1.82, 2.24) is 4.98 Å². The van der Waals surface area contributed by atoms with Gasteiger partial charge in [0.1, 0.15) is 11.6 Å². The molecule has 20 heavy (non-hydrogen) atoms. The lowest BCUT2D eigenvalue weighted by Gasteiger charge is -2.08. The van der Waals surface area contributed by atoms with Crippen LogP contribution >= 0.6 is 15.9 Å². The molecule has 2 amide bonds. The Bertz CT molecular complexity index is 614. The number of nitrogens with zero attached hydrogens (tertiary/aromatic N) is 1. The molecule has 1 aromatic heterocycles. The highest BCUT2D eigenvalue weighted by atomic mass is 79.9. The third-order valence-corrected chi connectivity index (χ3v) is 3.47. The van der Waals surface area contributed by atoms with E-state index in [9.17, 15) is 4.79 Å². The summed E-state index contributed by atoms with van der Waals surface area (Å²) in [6, 6.07) is 8.52. The third kappa shape index (κ3) is 3.71. The molecule has 6 heteroatoms. The lowest BCUT2D eigenvalue weighted by molar-refractivity contribution is 0.262. The van der Waals surface area contributed by atoms with Gasteiger partial charge in [0.15, 0.2) is 0 Å². The van der Waals surface area contributed by atoms with Crippen molar-refractivity contribution in [2.24, 2.45) is 0 Å². The molecule has 0 saturated carbocycles. The molecule has 0 atom stereocenters. The minimum Gasteiger partial charge on any atom is -0.497 e. The van der Waals surface area contributed by atoms with Gasteiger partial charge in [-0.15, -0.1) is 0 Å². The number of ether oxygens (including phenoxy) is 1. The van der Waals surface area contributed by atoms with E-state index < -0.39 is 0 Å². The maximum atomic E-state index is 11.8. The van der Waals surface area contributed by atoms with Crippen LogP contribution in [-0.4, -0.2) is 18.1 Å². The van der Waals surface area contributed by atoms with Crippen LogP contribution in [-0.2, 0) is 0 Å². The largest absolute Gasteiger partial charge is 0.497 e. The number of methoxy groups -OCH3 is 1. The summed E-state index contributed by atoms with van der Waals surface area (Å²) in [4.78, 5) is 15.9. The number of halogens is 1. The second kappa shape index (κ2) is 6.38. The maximum Gasteiger partial charge on any atom is 0.324 e. The fourth-order valence-electron chi connectivity index (χ4n) is 1.56. The van der Waals surface area contributed by atoms with Crippen molar-refractivity contribution in [1.29, 1.82) is 0 Å². The molecule has 2 rings (SSSR count). The van der Waals surface area contributed by atoms with E-state index in [-0.39, 0.29) is 6.03 Å². The van der Waals surface area contributed by atoms with E-state index in [0.29, 0.717) is 11.5 Å². The fraction of sp³-hybridized carbons (Fsp3) is 0.143. The average molecular weight is 336 g/mol. The van der Waals surface area contributed by atoms with Crippen LogP contribution in [0.25, 0.3) is 0 Å². The van der Waals surface area contributed by atoms with Crippen molar-refractivity contribution in [3.05, 3.63) is 46.6 Å². The quantitative estimate of drug-likeness (QED) is 0.896. The van der Waals surface area contributed by atoms with Crippen molar-refractivity contribution >= 4 is 33.5 Å². The predicted molar refractivity (Wildman–Crippen MR) is 82.3 cm³/mol. The zero-order valence-electron chi connectivity index (χ0n) is 11.1. The number of amides is 2. The molecule has 0 aliphatic heterocycles. The van der Waals surface area contributed by atoms with Crippen LogP contribution in [0, 0.1) is 6.92 Å². The number of anilines is 2. The van der Waals surface area contributed by atoms with Gasteiger partial charge >= 0.3 is 6.03 Å². The number of aryl methyl sites for hydroxylation is 1. The number of rotatable bonds is 3. The van der Waals surface area contributed by atoms with E-state index in [2.05, 4.69) is 31.5 Å². The summed E-state index contributed by atoms with van der Waals surface area (Å²) >= 11 is 3.36. The van der Waals surface area contributed by atoms with Crippen LogP contribution in [0.5, 0.6) is 5.75 Å². The van der Waals surface area contributed by atoms with Crippen LogP contribution in [0.3, 0.4) is 0 Å². The zero-order valence-corrected chi connectivity index (χ0v) is 12.7. The Hall–Kier alpha value is -2.08. The Labute approximate surface area is 125 Å². The van der Waals surface area contributed by atoms with E-state index in [1.807, 2.05) is 6.92 Å². The molecule has 0 aliphatic carbocycles. The number of nitrogens with one attached hydrogen (secondary N) is 2. The highest BCUT2D eigenvalue weighted by Gasteiger charge is 2.05. The zero-order chi connectivity index (χ0) is 14.5. The molecule has 1 aromatic carbocycles. The molecule has 2 N–H and O–H groups in total. The average Bonchev–Trinajstić information content (AvgIpc) is 2.44. The van der Waals surface area contributed by atoms with Crippen LogP contribution in [0.2, 0.25) is 0 Å². The fourth-order valence-corrected chi connectivity index (χ4v) is 1.78. The number of aromatic nitrogens is 1. The third-order valence-electron chi connectivity index (χ3n) is 2.64. The molecule has 104 valence electrons. The number of urea groups is 1. The predicted octanol–water partition coefficient (Wildman–Crippen LogP) is 3.81. The molecule has 0 radical (unpaired) electrons. The molecule has 0 aliphatic rings. The monoisotopic (exact) mass is 335 g/mol. The second-order valence-corrected chi connectivity index (χ2v) is 4.98. The first-order chi connectivity index (χ1) is 9.58. The van der Waals surface area contributed by atoms with Gasteiger partial charge in [0.05, 0.1) is 7.11 Å². The number of carbonyl (C=O) groups is 1. The first-order valence-corrected chi connectivity index (χ1v) is 6.72. The van der Waals surface area contributed by atoms with Crippen molar-refractivity contribution < 1.29 is 9.53 Å². The summed E-state index contributed by atoms with van der Waals surface area (Å²) in [5.74, 6) is 1.23. The van der Waals surface area contributed by atoms with Gasteiger partial charge in [0.2, 0.25) is 0 Å². The highest BCUT2D eigenvalue weighted by molar-refractivity contribution is 9.10. The topological polar surface area (TPSA) is 63.2 Å². The van der Waals surface area contributed by atoms with Gasteiger partial charge in [0, 0.05) is 16.4 Å². The molecule has 0 bridgehead atoms. The van der Waals surface area contributed by atoms with Gasteiger partial charge in [-0.3, -0.25) is 5.32 Å². The van der Waals surface area contributed by atoms with Gasteiger partial charge in [-0.1, -0.05) is 0 Å². The summed E-state index contributed by atoms with van der Waals surface area (Å²) < 4.78 is 5.95. The summed E-state index contributed by atoms with van der Waals surface area (Å²) in [6.07, 6.45) is 1.65. The molecule has 1 heterocycles. The first kappa shape index (κ1) is 14.3. The number of benzene rings is 1. The summed E-state index contributed by atoms with van der Waals surface area (Å²) in [5.41, 5.74) is 1.68. The van der Waals surface area contributed by atoms with Crippen molar-refractivity contribution in [2.45, 2.75) is 6.92 Å². The van der Waals surface area contributed by atoms with Crippen LogP contribution in [0.4, 0.5) is 16.3 Å². The lowest BCUT2D eigenvalue weighted by Crippen LogP contribution is -2.20. The molecule has 0 fully saturated rings. The van der Waals surface area contributed by atoms with Gasteiger partial charge in [-0.2, -0.15) is 0 Å². The molecule has 0 spiro atoms. The van der Waals surface area contributed by atoms with Crippen LogP contribution in [0.15, 0.2) is 41.0 Å². The van der Waals surface area contributed by atoms with E-state index in [4.69, 9.17) is 4.74 Å². The lowest BCUT2D eigenvalue weighted by atomic mass is 10.3. The highest BCUT2D eigenvalue weighted by Crippen LogP contribution is 2.18. The summed E-state index contributed by atoms with van der Waals surface area (Å²) in [7, 11) is 1.59. The first-order valence-electron chi connectivity index (χ1n) is 5.92. The normalized spacial score (nSPS) is 9.95. The standard InChI is InChI=1S/C14H14BrN3O2/c1-9-7-13(16-8-12(9)15)18-14(19)17-10-3-5-11(20-2)6-4-10/h3-8H,1-2H3,(H2,16,17,18,19). The SMILES string of the molecule is COc1ccc(NC(=O)Nc2cc(C)c(Br)cn2)cc1. The number of hydrogen-bond acceptors (Lipinski definition) is 3. The van der Waals surface area contributed by atoms with E-state index in [1.165, 1.54) is 0 Å². The molecular weight excluding hydrogens is 322 g/mol. The maximum absolute atomic E-state index is 11.8. The minimum absolute atomic E-state index is 0.343. The molecular formula is C14H14BrN3O2. The van der Waals surface area contributed by atoms with Gasteiger partial charge in [0.25, 0.3) is 0 Å². The number of hydrogen-bond donors (Lipinski definition) is 2. The Kier molecular flexibility index (Phi) is 4.57. The molecule has 0 saturated heterocycles. The summed E-state index contributed by atoms with van der Waals surface area (Å²) in [6.45, 7) is 1.93. The molecule has 0 unspecified atom stereocenters. The van der Waals surface area contributed by atoms with Crippen molar-refractivity contribution in [2.75, 3.05) is 17.7 Å². The Balaban J connectivity index is 1.99. The van der Waals surface area contributed by atoms with Crippen LogP contribution < -0.4 is 15.4 Å². The molecule has 5 nitrogen and oxygen atoms in total. The van der Waals surface area contributed by atoms with Crippen molar-refractivity contribution in [3.63, 3.8) is 0 Å². The minimum atomic E-state index is -0.343. The van der Waals surface area contributed by atoms with Crippen molar-refractivity contribution in [3.8, 4) is 5.75 Å². The summed E-state index contributed by atoms with van der Waals surface area (Å²) in [5, 5.41) is 5.39. The molecule has 2 aromatic rings. The van der Waals surface area contributed by atoms with Gasteiger partial charge in [-0.05, 0) is 58.7 Å². The number of carbonyl (C=O) groups excluding carboxylic acids is 1. The van der Waals surface area contributed by atoms with Gasteiger partial charge in [-0.25, -0.2) is 9.78 Å². The Morgan fingerprint density at radius 2 is 1.95 bits per heavy atom. The Morgan fingerprint density at radius 3 is 2.55 bits per heavy atom. The van der Waals surface area contributed by atoms with E-state index in [1.54, 1.807) is 43.6 Å².